The second-order valence-electron chi connectivity index (χ2n) is 4.08. The molecule has 0 aliphatic rings. The van der Waals surface area contributed by atoms with Gasteiger partial charge in [0.2, 0.25) is 0 Å². The number of carbonyl (C=O) groups is 1. The normalized spacial score (nSPS) is 10.2. The Kier molecular flexibility index (Phi) is 4.47. The van der Waals surface area contributed by atoms with Gasteiger partial charge in [-0.2, -0.15) is 0 Å². The highest BCUT2D eigenvalue weighted by atomic mass is 35.5. The summed E-state index contributed by atoms with van der Waals surface area (Å²) in [5, 5.41) is 3.06. The molecule has 5 heteroatoms. The number of hydrogen-bond acceptors (Lipinski definition) is 3. The molecular formula is C14H14ClN3O. The van der Waals surface area contributed by atoms with Gasteiger partial charge in [0.1, 0.15) is 10.8 Å². The monoisotopic (exact) mass is 275 g/mol. The Hall–Kier alpha value is -1.94. The second-order valence-corrected chi connectivity index (χ2v) is 4.46. The molecule has 1 amide bonds. The molecule has 0 saturated carbocycles. The van der Waals surface area contributed by atoms with Crippen LogP contribution in [0.1, 0.15) is 28.5 Å². The molecule has 98 valence electrons. The largest absolute Gasteiger partial charge is 0.347 e. The molecule has 0 fully saturated rings. The van der Waals surface area contributed by atoms with E-state index in [4.69, 9.17) is 11.6 Å². The summed E-state index contributed by atoms with van der Waals surface area (Å²) in [6, 6.07) is 8.13. The molecule has 0 spiro atoms. The predicted octanol–water partition coefficient (Wildman–Crippen LogP) is 2.62. The van der Waals surface area contributed by atoms with Gasteiger partial charge in [0, 0.05) is 6.54 Å². The molecule has 1 heterocycles. The maximum atomic E-state index is 11.8. The van der Waals surface area contributed by atoms with Crippen LogP contribution in [0.15, 0.2) is 36.7 Å². The maximum absolute atomic E-state index is 11.8. The van der Waals surface area contributed by atoms with Crippen LogP contribution >= 0.6 is 11.6 Å². The number of nitrogens with zero attached hydrogens (tertiary/aromatic N) is 2. The number of amides is 1. The molecule has 0 unspecified atom stereocenters. The maximum Gasteiger partial charge on any atom is 0.271 e. The van der Waals surface area contributed by atoms with E-state index in [1.165, 1.54) is 18.0 Å². The van der Waals surface area contributed by atoms with Gasteiger partial charge in [0.15, 0.2) is 0 Å². The van der Waals surface area contributed by atoms with E-state index in [1.54, 1.807) is 0 Å². The van der Waals surface area contributed by atoms with Crippen molar-refractivity contribution in [1.29, 1.82) is 0 Å². The van der Waals surface area contributed by atoms with E-state index in [0.29, 0.717) is 6.54 Å². The third-order valence-electron chi connectivity index (χ3n) is 2.74. The summed E-state index contributed by atoms with van der Waals surface area (Å²) in [4.78, 5) is 19.5. The van der Waals surface area contributed by atoms with Crippen LogP contribution in [0, 0.1) is 0 Å². The Balaban J connectivity index is 1.94. The van der Waals surface area contributed by atoms with Crippen LogP contribution in [0.4, 0.5) is 0 Å². The van der Waals surface area contributed by atoms with E-state index < -0.39 is 0 Å². The van der Waals surface area contributed by atoms with Crippen LogP contribution in [-0.2, 0) is 13.0 Å². The first-order chi connectivity index (χ1) is 9.19. The van der Waals surface area contributed by atoms with Gasteiger partial charge >= 0.3 is 0 Å². The molecule has 19 heavy (non-hydrogen) atoms. The number of nitrogens with one attached hydrogen (secondary N) is 1. The molecule has 2 aromatic rings. The van der Waals surface area contributed by atoms with E-state index in [1.807, 2.05) is 12.1 Å². The minimum absolute atomic E-state index is 0.259. The number of halogens is 1. The van der Waals surface area contributed by atoms with E-state index in [2.05, 4.69) is 34.3 Å². The van der Waals surface area contributed by atoms with Gasteiger partial charge in [-0.15, -0.1) is 0 Å². The van der Waals surface area contributed by atoms with E-state index in [0.717, 1.165) is 12.0 Å². The lowest BCUT2D eigenvalue weighted by Crippen LogP contribution is -2.23. The molecule has 0 radical (unpaired) electrons. The van der Waals surface area contributed by atoms with Crippen LogP contribution in [0.3, 0.4) is 0 Å². The van der Waals surface area contributed by atoms with Crippen molar-refractivity contribution < 1.29 is 4.79 Å². The minimum atomic E-state index is -0.260. The quantitative estimate of drug-likeness (QED) is 0.933. The number of hydrogen-bond donors (Lipinski definition) is 1. The fraction of sp³-hybridized carbons (Fsp3) is 0.214. The van der Waals surface area contributed by atoms with Crippen molar-refractivity contribution in [3.05, 3.63) is 58.6 Å². The zero-order chi connectivity index (χ0) is 13.7. The van der Waals surface area contributed by atoms with Crippen molar-refractivity contribution in [2.75, 3.05) is 0 Å². The first-order valence-corrected chi connectivity index (χ1v) is 6.40. The Labute approximate surface area is 116 Å². The molecule has 0 aliphatic carbocycles. The number of aryl methyl sites for hydroxylation is 1. The smallest absolute Gasteiger partial charge is 0.271 e. The number of benzene rings is 1. The summed E-state index contributed by atoms with van der Waals surface area (Å²) < 4.78 is 0. The van der Waals surface area contributed by atoms with Crippen molar-refractivity contribution >= 4 is 17.5 Å². The summed E-state index contributed by atoms with van der Waals surface area (Å²) in [6.07, 6.45) is 3.72. The van der Waals surface area contributed by atoms with Gasteiger partial charge in [-0.25, -0.2) is 9.97 Å². The molecule has 0 aliphatic heterocycles. The van der Waals surface area contributed by atoms with Crippen LogP contribution in [-0.4, -0.2) is 15.9 Å². The molecule has 1 aromatic heterocycles. The third kappa shape index (κ3) is 3.76. The standard InChI is InChI=1S/C14H14ClN3O/c1-2-10-3-5-11(6-4-10)7-18-14(19)12-8-17-13(15)9-16-12/h3-6,8-9H,2,7H2,1H3,(H,18,19). The van der Waals surface area contributed by atoms with Gasteiger partial charge in [0.05, 0.1) is 12.4 Å². The first kappa shape index (κ1) is 13.5. The lowest BCUT2D eigenvalue weighted by atomic mass is 10.1. The zero-order valence-electron chi connectivity index (χ0n) is 10.6. The van der Waals surface area contributed by atoms with E-state index in [-0.39, 0.29) is 16.8 Å². The van der Waals surface area contributed by atoms with E-state index >= 15 is 0 Å². The van der Waals surface area contributed by atoms with Gasteiger partial charge in [0.25, 0.3) is 5.91 Å². The molecule has 4 nitrogen and oxygen atoms in total. The lowest BCUT2D eigenvalue weighted by Gasteiger charge is -2.05. The summed E-state index contributed by atoms with van der Waals surface area (Å²) in [7, 11) is 0. The molecule has 1 N–H and O–H groups in total. The Morgan fingerprint density at radius 3 is 2.42 bits per heavy atom. The topological polar surface area (TPSA) is 54.9 Å². The molecule has 0 atom stereocenters. The minimum Gasteiger partial charge on any atom is -0.347 e. The van der Waals surface area contributed by atoms with Crippen LogP contribution < -0.4 is 5.32 Å². The summed E-state index contributed by atoms with van der Waals surface area (Å²) in [5.74, 6) is -0.260. The second kappa shape index (κ2) is 6.29. The van der Waals surface area contributed by atoms with Gasteiger partial charge < -0.3 is 5.32 Å². The average Bonchev–Trinajstić information content (AvgIpc) is 2.46. The number of rotatable bonds is 4. The molecular weight excluding hydrogens is 262 g/mol. The Bertz CT molecular complexity index is 552. The highest BCUT2D eigenvalue weighted by molar-refractivity contribution is 6.29. The zero-order valence-corrected chi connectivity index (χ0v) is 11.3. The van der Waals surface area contributed by atoms with Crippen LogP contribution in [0.25, 0.3) is 0 Å². The van der Waals surface area contributed by atoms with Crippen molar-refractivity contribution in [2.24, 2.45) is 0 Å². The predicted molar refractivity (Wildman–Crippen MR) is 74.0 cm³/mol. The van der Waals surface area contributed by atoms with Crippen LogP contribution in [0.2, 0.25) is 5.15 Å². The Morgan fingerprint density at radius 1 is 1.16 bits per heavy atom. The summed E-state index contributed by atoms with van der Waals surface area (Å²) >= 11 is 5.61. The third-order valence-corrected chi connectivity index (χ3v) is 2.93. The Morgan fingerprint density at radius 2 is 1.84 bits per heavy atom. The van der Waals surface area contributed by atoms with E-state index in [9.17, 15) is 4.79 Å². The van der Waals surface area contributed by atoms with Crippen molar-refractivity contribution in [2.45, 2.75) is 19.9 Å². The van der Waals surface area contributed by atoms with Gasteiger partial charge in [-0.1, -0.05) is 42.8 Å². The lowest BCUT2D eigenvalue weighted by molar-refractivity contribution is 0.0945. The first-order valence-electron chi connectivity index (χ1n) is 6.02. The molecule has 0 bridgehead atoms. The van der Waals surface area contributed by atoms with Crippen molar-refractivity contribution in [1.82, 2.24) is 15.3 Å². The highest BCUT2D eigenvalue weighted by Gasteiger charge is 2.07. The van der Waals surface area contributed by atoms with Crippen molar-refractivity contribution in [3.8, 4) is 0 Å². The van der Waals surface area contributed by atoms with Crippen molar-refractivity contribution in [3.63, 3.8) is 0 Å². The van der Waals surface area contributed by atoms with Crippen LogP contribution in [0.5, 0.6) is 0 Å². The van der Waals surface area contributed by atoms with Gasteiger partial charge in [-0.05, 0) is 17.5 Å². The number of carbonyl (C=O) groups excluding carboxylic acids is 1. The fourth-order valence-corrected chi connectivity index (χ4v) is 1.69. The molecule has 1 aromatic carbocycles. The van der Waals surface area contributed by atoms with Gasteiger partial charge in [-0.3, -0.25) is 4.79 Å². The number of aromatic nitrogens is 2. The summed E-state index contributed by atoms with van der Waals surface area (Å²) in [5.41, 5.74) is 2.58. The summed E-state index contributed by atoms with van der Waals surface area (Å²) in [6.45, 7) is 2.57. The average molecular weight is 276 g/mol. The molecule has 2 rings (SSSR count). The highest BCUT2D eigenvalue weighted by Crippen LogP contribution is 2.05. The SMILES string of the molecule is CCc1ccc(CNC(=O)c2cnc(Cl)cn2)cc1. The molecule has 0 saturated heterocycles. The fourth-order valence-electron chi connectivity index (χ4n) is 1.60.